The number of anilines is 2. The number of hydrogen-bond donors (Lipinski definition) is 2. The number of carbonyl (C=O) groups excluding carboxylic acids is 3. The number of ether oxygens (including phenoxy) is 3. The van der Waals surface area contributed by atoms with Crippen LogP contribution in [0.1, 0.15) is 15.9 Å². The van der Waals surface area contributed by atoms with Crippen molar-refractivity contribution in [2.45, 2.75) is 0 Å². The molecule has 0 aromatic heterocycles. The molecule has 0 saturated carbocycles. The smallest absolute Gasteiger partial charge is 0.338 e. The van der Waals surface area contributed by atoms with Crippen LogP contribution in [-0.4, -0.2) is 38.1 Å². The van der Waals surface area contributed by atoms with Crippen molar-refractivity contribution in [3.8, 4) is 17.6 Å². The minimum absolute atomic E-state index is 0.207. The summed E-state index contributed by atoms with van der Waals surface area (Å²) in [5.41, 5.74) is 1.42. The van der Waals surface area contributed by atoms with Gasteiger partial charge in [-0.2, -0.15) is 5.26 Å². The zero-order valence-corrected chi connectivity index (χ0v) is 18.2. The van der Waals surface area contributed by atoms with E-state index < -0.39 is 18.5 Å². The van der Waals surface area contributed by atoms with Crippen molar-refractivity contribution in [3.05, 3.63) is 83.9 Å². The number of hydrogen-bond acceptors (Lipinski definition) is 7. The average molecular weight is 459 g/mol. The highest BCUT2D eigenvalue weighted by molar-refractivity contribution is 5.96. The van der Waals surface area contributed by atoms with Crippen molar-refractivity contribution in [1.29, 1.82) is 5.26 Å². The number of amides is 2. The Morgan fingerprint density at radius 2 is 1.59 bits per heavy atom. The third kappa shape index (κ3) is 6.83. The van der Waals surface area contributed by atoms with Crippen LogP contribution >= 0.6 is 0 Å². The van der Waals surface area contributed by atoms with Crippen molar-refractivity contribution >= 4 is 29.2 Å². The van der Waals surface area contributed by atoms with E-state index in [9.17, 15) is 14.4 Å². The minimum Gasteiger partial charge on any atom is -0.497 e. The highest BCUT2D eigenvalue weighted by Gasteiger charge is 2.12. The van der Waals surface area contributed by atoms with Gasteiger partial charge in [0.1, 0.15) is 17.6 Å². The molecule has 34 heavy (non-hydrogen) atoms. The highest BCUT2D eigenvalue weighted by Crippen LogP contribution is 2.17. The fourth-order valence-electron chi connectivity index (χ4n) is 2.82. The van der Waals surface area contributed by atoms with Gasteiger partial charge in [-0.25, -0.2) is 4.79 Å². The summed E-state index contributed by atoms with van der Waals surface area (Å²) in [5, 5.41) is 14.3. The van der Waals surface area contributed by atoms with Gasteiger partial charge in [0, 0.05) is 11.8 Å². The second-order valence-corrected chi connectivity index (χ2v) is 6.87. The number of carbonyl (C=O) groups is 3. The summed E-state index contributed by atoms with van der Waals surface area (Å²) in [6.45, 7) is -0.743. The number of benzene rings is 3. The first-order chi connectivity index (χ1) is 16.5. The van der Waals surface area contributed by atoms with Gasteiger partial charge in [0.15, 0.2) is 13.2 Å². The van der Waals surface area contributed by atoms with Gasteiger partial charge in [-0.05, 0) is 48.5 Å². The van der Waals surface area contributed by atoms with E-state index in [-0.39, 0.29) is 18.1 Å². The lowest BCUT2D eigenvalue weighted by molar-refractivity contribution is -0.119. The number of esters is 1. The zero-order chi connectivity index (χ0) is 24.3. The van der Waals surface area contributed by atoms with Crippen molar-refractivity contribution in [2.75, 3.05) is 31.0 Å². The lowest BCUT2D eigenvalue weighted by Gasteiger charge is -2.09. The Labute approximate surface area is 195 Å². The van der Waals surface area contributed by atoms with Crippen molar-refractivity contribution in [2.24, 2.45) is 0 Å². The fourth-order valence-corrected chi connectivity index (χ4v) is 2.82. The van der Waals surface area contributed by atoms with Gasteiger partial charge < -0.3 is 24.8 Å². The Balaban J connectivity index is 1.45. The summed E-state index contributed by atoms with van der Waals surface area (Å²) in [6.07, 6.45) is 0. The van der Waals surface area contributed by atoms with Crippen LogP contribution in [0.4, 0.5) is 11.4 Å². The van der Waals surface area contributed by atoms with Gasteiger partial charge >= 0.3 is 5.97 Å². The van der Waals surface area contributed by atoms with Gasteiger partial charge in [0.2, 0.25) is 0 Å². The number of para-hydroxylation sites is 1. The molecule has 0 bridgehead atoms. The number of nitriles is 1. The molecule has 9 nitrogen and oxygen atoms in total. The Kier molecular flexibility index (Phi) is 8.19. The van der Waals surface area contributed by atoms with Crippen LogP contribution in [0, 0.1) is 11.3 Å². The summed E-state index contributed by atoms with van der Waals surface area (Å²) < 4.78 is 15.6. The first-order valence-corrected chi connectivity index (χ1v) is 10.1. The summed E-state index contributed by atoms with van der Waals surface area (Å²) in [5.74, 6) is -0.640. The lowest BCUT2D eigenvalue weighted by atomic mass is 10.2. The highest BCUT2D eigenvalue weighted by atomic mass is 16.5. The normalized spacial score (nSPS) is 9.88. The largest absolute Gasteiger partial charge is 0.497 e. The Bertz CT molecular complexity index is 1220. The summed E-state index contributed by atoms with van der Waals surface area (Å²) in [7, 11) is 1.54. The van der Waals surface area contributed by atoms with Crippen molar-refractivity contribution < 1.29 is 28.6 Å². The lowest BCUT2D eigenvalue weighted by Crippen LogP contribution is -2.21. The molecular formula is C25H21N3O6. The molecule has 3 aromatic rings. The van der Waals surface area contributed by atoms with E-state index in [1.165, 1.54) is 31.4 Å². The van der Waals surface area contributed by atoms with Gasteiger partial charge in [0.05, 0.1) is 23.9 Å². The van der Waals surface area contributed by atoms with Crippen LogP contribution < -0.4 is 20.1 Å². The van der Waals surface area contributed by atoms with E-state index in [2.05, 4.69) is 10.6 Å². The summed E-state index contributed by atoms with van der Waals surface area (Å²) in [6, 6.07) is 21.3. The quantitative estimate of drug-likeness (QED) is 0.470. The Hall–Kier alpha value is -4.84. The summed E-state index contributed by atoms with van der Waals surface area (Å²) >= 11 is 0. The van der Waals surface area contributed by atoms with Crippen LogP contribution in [-0.2, 0) is 14.3 Å². The second-order valence-electron chi connectivity index (χ2n) is 6.87. The number of nitrogens with one attached hydrogen (secondary N) is 2. The first kappa shape index (κ1) is 23.8. The van der Waals surface area contributed by atoms with E-state index in [0.29, 0.717) is 28.4 Å². The molecule has 3 rings (SSSR count). The van der Waals surface area contributed by atoms with E-state index in [4.69, 9.17) is 19.5 Å². The average Bonchev–Trinajstić information content (AvgIpc) is 2.86. The van der Waals surface area contributed by atoms with E-state index in [0.717, 1.165) is 0 Å². The molecule has 2 N–H and O–H groups in total. The molecule has 0 aliphatic carbocycles. The molecular weight excluding hydrogens is 438 g/mol. The molecule has 3 aromatic carbocycles. The Morgan fingerprint density at radius 3 is 2.32 bits per heavy atom. The molecule has 172 valence electrons. The monoisotopic (exact) mass is 459 g/mol. The fraction of sp³-hybridized carbons (Fsp3) is 0.120. The molecule has 0 unspecified atom stereocenters. The van der Waals surface area contributed by atoms with Crippen molar-refractivity contribution in [3.63, 3.8) is 0 Å². The maximum atomic E-state index is 12.2. The third-order valence-corrected chi connectivity index (χ3v) is 4.47. The molecule has 0 aliphatic rings. The van der Waals surface area contributed by atoms with E-state index in [1.54, 1.807) is 48.5 Å². The molecule has 0 fully saturated rings. The topological polar surface area (TPSA) is 127 Å². The van der Waals surface area contributed by atoms with Crippen LogP contribution in [0.15, 0.2) is 72.8 Å². The molecule has 2 amide bonds. The third-order valence-electron chi connectivity index (χ3n) is 4.47. The molecule has 0 heterocycles. The van der Waals surface area contributed by atoms with Gasteiger partial charge in [-0.15, -0.1) is 0 Å². The zero-order valence-electron chi connectivity index (χ0n) is 18.2. The molecule has 0 saturated heterocycles. The van der Waals surface area contributed by atoms with Gasteiger partial charge in [-0.1, -0.05) is 18.2 Å². The summed E-state index contributed by atoms with van der Waals surface area (Å²) in [4.78, 5) is 36.3. The first-order valence-electron chi connectivity index (χ1n) is 10.1. The van der Waals surface area contributed by atoms with Gasteiger partial charge in [-0.3, -0.25) is 9.59 Å². The SMILES string of the molecule is COc1cccc(NC(=O)COc2ccc(C(=O)OCC(=O)Nc3ccccc3C#N)cc2)c1. The van der Waals surface area contributed by atoms with Gasteiger partial charge in [0.25, 0.3) is 11.8 Å². The van der Waals surface area contributed by atoms with Crippen LogP contribution in [0.5, 0.6) is 11.5 Å². The minimum atomic E-state index is -0.703. The predicted octanol–water partition coefficient (Wildman–Crippen LogP) is 3.38. The van der Waals surface area contributed by atoms with E-state index >= 15 is 0 Å². The molecule has 9 heteroatoms. The van der Waals surface area contributed by atoms with E-state index in [1.807, 2.05) is 6.07 Å². The van der Waals surface area contributed by atoms with Crippen LogP contribution in [0.25, 0.3) is 0 Å². The maximum absolute atomic E-state index is 12.2. The number of rotatable bonds is 9. The standard InChI is InChI=1S/C25H21N3O6/c1-32-21-7-4-6-19(13-21)27-23(29)15-33-20-11-9-17(10-12-20)25(31)34-16-24(30)28-22-8-3-2-5-18(22)14-26/h2-13H,15-16H2,1H3,(H,27,29)(H,28,30). The second kappa shape index (κ2) is 11.7. The molecule has 0 radical (unpaired) electrons. The molecule has 0 spiro atoms. The number of nitrogens with zero attached hydrogens (tertiary/aromatic N) is 1. The Morgan fingerprint density at radius 1 is 0.853 bits per heavy atom. The molecule has 0 atom stereocenters. The van der Waals surface area contributed by atoms with Crippen LogP contribution in [0.3, 0.4) is 0 Å². The molecule has 0 aliphatic heterocycles. The van der Waals surface area contributed by atoms with Crippen LogP contribution in [0.2, 0.25) is 0 Å². The number of methoxy groups -OCH3 is 1. The maximum Gasteiger partial charge on any atom is 0.338 e. The predicted molar refractivity (Wildman–Crippen MR) is 124 cm³/mol. The van der Waals surface area contributed by atoms with Crippen molar-refractivity contribution in [1.82, 2.24) is 0 Å².